The molecule has 2 aliphatic heterocycles. The molecule has 6 heterocycles. The van der Waals surface area contributed by atoms with Crippen LogP contribution in [0.5, 0.6) is 0 Å². The summed E-state index contributed by atoms with van der Waals surface area (Å²) in [7, 11) is -6.37. The molecule has 4 aliphatic rings. The minimum absolute atomic E-state index is 0.0546. The monoisotopic (exact) mass is 1050 g/mol. The molecular weight excluding hydrogens is 984 g/mol. The Bertz CT molecular complexity index is 3230. The van der Waals surface area contributed by atoms with E-state index in [1.165, 1.54) is 34.8 Å². The number of fused-ring (bicyclic) bond motifs is 4. The third-order valence-electron chi connectivity index (χ3n) is 15.3. The lowest BCUT2D eigenvalue weighted by Gasteiger charge is -2.35. The quantitative estimate of drug-likeness (QED) is 0.125. The Balaban J connectivity index is 0.000000178. The zero-order chi connectivity index (χ0) is 51.0. The summed E-state index contributed by atoms with van der Waals surface area (Å²) >= 11 is 12.9. The van der Waals surface area contributed by atoms with Crippen LogP contribution in [0.15, 0.2) is 123 Å². The van der Waals surface area contributed by atoms with Crippen LogP contribution in [0.25, 0.3) is 23.3 Å². The number of benzene rings is 2. The third-order valence-corrected chi connectivity index (χ3v) is 18.3. The second-order valence-corrected chi connectivity index (χ2v) is 25.7. The molecule has 12 nitrogen and oxygen atoms in total. The van der Waals surface area contributed by atoms with Gasteiger partial charge in [-0.3, -0.25) is 9.97 Å². The molecule has 0 amide bonds. The maximum Gasteiger partial charge on any atom is 0.211 e. The lowest BCUT2D eigenvalue weighted by molar-refractivity contribution is 0.256. The van der Waals surface area contributed by atoms with Crippen LogP contribution in [0.2, 0.25) is 10.0 Å². The van der Waals surface area contributed by atoms with Gasteiger partial charge in [0.1, 0.15) is 0 Å². The summed E-state index contributed by atoms with van der Waals surface area (Å²) in [5, 5.41) is 1.41. The topological polar surface area (TPSA) is 136 Å². The molecule has 2 aliphatic carbocycles. The molecule has 2 atom stereocenters. The van der Waals surface area contributed by atoms with E-state index < -0.39 is 20.0 Å². The first-order valence-electron chi connectivity index (χ1n) is 24.7. The number of hydrogen-bond acceptors (Lipinski definition) is 8. The molecule has 0 radical (unpaired) electrons. The molecule has 16 heteroatoms. The van der Waals surface area contributed by atoms with Crippen LogP contribution in [-0.2, 0) is 31.1 Å². The maximum atomic E-state index is 12.1. The number of aromatic nitrogens is 6. The SMILES string of the molecule is CC(C)(/C=C/C1=Cc2cc(Cl)ccc2C(C2CCN(S(C)(=O)=O)CC2)c2ncccc21)n1ccnc1.CC(C)(CCC1=Cc2cc(Cl)ccc2C(C2CCN(S(C)(=O)=O)CC2)c2ncccc21)n1ccnc1. The molecule has 2 unspecified atom stereocenters. The zero-order valence-electron chi connectivity index (χ0n) is 41.9. The highest BCUT2D eigenvalue weighted by Crippen LogP contribution is 2.48. The van der Waals surface area contributed by atoms with Crippen molar-refractivity contribution >= 4 is 66.5 Å². The van der Waals surface area contributed by atoms with E-state index in [9.17, 15) is 16.8 Å². The van der Waals surface area contributed by atoms with Crippen LogP contribution < -0.4 is 0 Å². The van der Waals surface area contributed by atoms with Crippen molar-refractivity contribution in [3.05, 3.63) is 177 Å². The Labute approximate surface area is 435 Å². The van der Waals surface area contributed by atoms with Gasteiger partial charge in [0.05, 0.1) is 42.1 Å². The Morgan fingerprint density at radius 3 is 1.62 bits per heavy atom. The summed E-state index contributed by atoms with van der Waals surface area (Å²) in [6.07, 6.45) is 31.5. The van der Waals surface area contributed by atoms with E-state index in [4.69, 9.17) is 33.2 Å². The number of halogens is 2. The van der Waals surface area contributed by atoms with E-state index in [0.717, 1.165) is 72.2 Å². The van der Waals surface area contributed by atoms with Gasteiger partial charge in [0.15, 0.2) is 0 Å². The highest BCUT2D eigenvalue weighted by molar-refractivity contribution is 7.88. The first-order chi connectivity index (χ1) is 34.3. The van der Waals surface area contributed by atoms with Gasteiger partial charge in [-0.15, -0.1) is 0 Å². The van der Waals surface area contributed by atoms with E-state index in [0.29, 0.717) is 42.1 Å². The van der Waals surface area contributed by atoms with Gasteiger partial charge in [0, 0.05) is 96.3 Å². The molecule has 4 aromatic heterocycles. The third kappa shape index (κ3) is 11.3. The minimum atomic E-state index is -3.19. The van der Waals surface area contributed by atoms with E-state index in [1.54, 1.807) is 14.8 Å². The fourth-order valence-electron chi connectivity index (χ4n) is 11.1. The van der Waals surface area contributed by atoms with Crippen LogP contribution in [0.1, 0.15) is 123 Å². The summed E-state index contributed by atoms with van der Waals surface area (Å²) in [6.45, 7) is 10.9. The highest BCUT2D eigenvalue weighted by atomic mass is 35.5. The number of allylic oxidation sites excluding steroid dienone is 4. The van der Waals surface area contributed by atoms with Gasteiger partial charge in [0.2, 0.25) is 20.0 Å². The Hall–Kier alpha value is -5.22. The molecular formula is C56H64Cl2N8O4S2. The van der Waals surface area contributed by atoms with Gasteiger partial charge >= 0.3 is 0 Å². The van der Waals surface area contributed by atoms with Crippen LogP contribution in [-0.4, -0.2) is 93.2 Å². The second-order valence-electron chi connectivity index (χ2n) is 20.9. The van der Waals surface area contributed by atoms with E-state index in [1.807, 2.05) is 74.0 Å². The van der Waals surface area contributed by atoms with E-state index >= 15 is 0 Å². The second kappa shape index (κ2) is 21.0. The Kier molecular flexibility index (Phi) is 15.0. The fourth-order valence-corrected chi connectivity index (χ4v) is 13.2. The number of imidazole rings is 2. The molecule has 0 saturated carbocycles. The predicted octanol–water partition coefficient (Wildman–Crippen LogP) is 11.4. The number of sulfonamides is 2. The molecule has 378 valence electrons. The number of pyridine rings is 2. The largest absolute Gasteiger partial charge is 0.332 e. The first kappa shape index (κ1) is 51.7. The number of nitrogens with zero attached hydrogens (tertiary/aromatic N) is 8. The fraction of sp³-hybridized carbons (Fsp3) is 0.393. The summed E-state index contributed by atoms with van der Waals surface area (Å²) in [5.74, 6) is 0.715. The summed E-state index contributed by atoms with van der Waals surface area (Å²) < 4.78 is 55.9. The first-order valence-corrected chi connectivity index (χ1v) is 29.2. The summed E-state index contributed by atoms with van der Waals surface area (Å²) in [4.78, 5) is 18.3. The highest BCUT2D eigenvalue weighted by Gasteiger charge is 2.38. The number of rotatable bonds is 11. The average molecular weight is 1050 g/mol. The van der Waals surface area contributed by atoms with Gasteiger partial charge < -0.3 is 9.13 Å². The zero-order valence-corrected chi connectivity index (χ0v) is 45.0. The molecule has 0 N–H and O–H groups in total. The molecule has 2 fully saturated rings. The summed E-state index contributed by atoms with van der Waals surface area (Å²) in [5.41, 5.74) is 11.0. The van der Waals surface area contributed by atoms with Crippen LogP contribution in [0.4, 0.5) is 0 Å². The molecule has 0 spiro atoms. The van der Waals surface area contributed by atoms with Crippen LogP contribution >= 0.6 is 23.2 Å². The van der Waals surface area contributed by atoms with Crippen molar-refractivity contribution in [2.45, 2.75) is 89.1 Å². The van der Waals surface area contributed by atoms with Crippen molar-refractivity contribution in [3.8, 4) is 0 Å². The Morgan fingerprint density at radius 1 is 0.639 bits per heavy atom. The van der Waals surface area contributed by atoms with Crippen molar-refractivity contribution in [2.75, 3.05) is 38.7 Å². The van der Waals surface area contributed by atoms with Crippen molar-refractivity contribution < 1.29 is 16.8 Å². The van der Waals surface area contributed by atoms with Crippen molar-refractivity contribution in [3.63, 3.8) is 0 Å². The van der Waals surface area contributed by atoms with Gasteiger partial charge in [-0.25, -0.2) is 35.4 Å². The Morgan fingerprint density at radius 2 is 1.12 bits per heavy atom. The predicted molar refractivity (Wildman–Crippen MR) is 291 cm³/mol. The minimum Gasteiger partial charge on any atom is -0.332 e. The lowest BCUT2D eigenvalue weighted by Crippen LogP contribution is -2.39. The number of hydrogen-bond donors (Lipinski definition) is 0. The lowest BCUT2D eigenvalue weighted by atomic mass is 9.76. The molecule has 2 aromatic carbocycles. The van der Waals surface area contributed by atoms with Gasteiger partial charge in [-0.05, 0) is 159 Å². The maximum absolute atomic E-state index is 12.1. The summed E-state index contributed by atoms with van der Waals surface area (Å²) in [6, 6.07) is 20.5. The van der Waals surface area contributed by atoms with Crippen molar-refractivity contribution in [1.82, 2.24) is 37.7 Å². The van der Waals surface area contributed by atoms with Gasteiger partial charge in [0.25, 0.3) is 0 Å². The molecule has 72 heavy (non-hydrogen) atoms. The number of piperidine rings is 2. The van der Waals surface area contributed by atoms with Gasteiger partial charge in [-0.1, -0.05) is 65.7 Å². The van der Waals surface area contributed by atoms with Crippen LogP contribution in [0, 0.1) is 11.8 Å². The van der Waals surface area contributed by atoms with Crippen molar-refractivity contribution in [2.24, 2.45) is 11.8 Å². The molecule has 10 rings (SSSR count). The molecule has 0 bridgehead atoms. The smallest absolute Gasteiger partial charge is 0.211 e. The average Bonchev–Trinajstić information content (AvgIpc) is 4.08. The molecule has 6 aromatic rings. The standard InChI is InChI=1S/C28H33ClN4O2S.C28H31ClN4O2S/c2*1-28(2,32-16-13-30-19-32)11-8-21-17-22-18-23(29)6-7-24(22)26(27-25(21)5-4-12-31-27)20-9-14-33(15-10-20)36(3,34)35/h4-7,12-13,16-20,26H,8-11,14-15H2,1-3H3;4-8,11-13,16-20,26H,9-10,14-15H2,1-3H3/b;11-8+. The van der Waals surface area contributed by atoms with E-state index in [2.05, 4.69) is 101 Å². The van der Waals surface area contributed by atoms with E-state index in [-0.39, 0.29) is 28.8 Å². The van der Waals surface area contributed by atoms with Crippen molar-refractivity contribution in [1.29, 1.82) is 0 Å². The van der Waals surface area contributed by atoms with Gasteiger partial charge in [-0.2, -0.15) is 0 Å². The normalized spacial score (nSPS) is 19.4. The molecule has 2 saturated heterocycles. The van der Waals surface area contributed by atoms with Crippen LogP contribution in [0.3, 0.4) is 0 Å².